The first-order valence-corrected chi connectivity index (χ1v) is 3.23. The highest BCUT2D eigenvalue weighted by molar-refractivity contribution is 6.22. The zero-order chi connectivity index (χ0) is 8.55. The highest BCUT2D eigenvalue weighted by atomic mass is 16.5. The Morgan fingerprint density at radius 1 is 1.50 bits per heavy atom. The van der Waals surface area contributed by atoms with Crippen LogP contribution in [0.5, 0.6) is 0 Å². The first-order valence-electron chi connectivity index (χ1n) is 3.23. The van der Waals surface area contributed by atoms with Gasteiger partial charge < -0.3 is 5.73 Å². The fraction of sp³-hybridized carbons (Fsp3) is 0.200. The summed E-state index contributed by atoms with van der Waals surface area (Å²) in [4.78, 5) is 15.3. The summed E-state index contributed by atoms with van der Waals surface area (Å²) < 4.78 is 0. The van der Waals surface area contributed by atoms with Crippen LogP contribution in [-0.2, 0) is 0 Å². The van der Waals surface area contributed by atoms with E-state index in [2.05, 4.69) is 20.0 Å². The summed E-state index contributed by atoms with van der Waals surface area (Å²) in [6.07, 6.45) is 1.36. The van der Waals surface area contributed by atoms with Gasteiger partial charge in [0, 0.05) is 0 Å². The monoisotopic (exact) mass is 166 g/mol. The molecule has 7 nitrogen and oxygen atoms in total. The molecule has 0 amide bonds. The predicted octanol–water partition coefficient (Wildman–Crippen LogP) is -1.50. The molecule has 1 atom stereocenters. The molecule has 0 bridgehead atoms. The minimum absolute atomic E-state index is 0.0621. The Hall–Kier alpha value is -1.76. The second-order valence-corrected chi connectivity index (χ2v) is 2.23. The van der Waals surface area contributed by atoms with Crippen molar-refractivity contribution in [2.45, 2.75) is 6.04 Å². The van der Waals surface area contributed by atoms with Gasteiger partial charge in [-0.15, -0.1) is 0 Å². The summed E-state index contributed by atoms with van der Waals surface area (Å²) in [7, 11) is 0. The molecule has 0 aromatic heterocycles. The van der Waals surface area contributed by atoms with E-state index in [1.807, 2.05) is 5.48 Å². The van der Waals surface area contributed by atoms with Crippen LogP contribution in [0.1, 0.15) is 0 Å². The van der Waals surface area contributed by atoms with Crippen molar-refractivity contribution in [1.29, 1.82) is 0 Å². The van der Waals surface area contributed by atoms with Crippen LogP contribution in [-0.4, -0.2) is 35.2 Å². The quantitative estimate of drug-likeness (QED) is 0.381. The molecule has 0 radical (unpaired) electrons. The van der Waals surface area contributed by atoms with Crippen molar-refractivity contribution in [3.63, 3.8) is 0 Å². The van der Waals surface area contributed by atoms with Gasteiger partial charge in [-0.1, -0.05) is 0 Å². The summed E-state index contributed by atoms with van der Waals surface area (Å²) in [5.41, 5.74) is 7.23. The van der Waals surface area contributed by atoms with Gasteiger partial charge in [0.05, 0.1) is 0 Å². The van der Waals surface area contributed by atoms with Crippen LogP contribution in [0.25, 0.3) is 0 Å². The fourth-order valence-electron chi connectivity index (χ4n) is 0.992. The molecule has 0 saturated heterocycles. The summed E-state index contributed by atoms with van der Waals surface area (Å²) in [6.45, 7) is 0. The average Bonchev–Trinajstić information content (AvgIpc) is 2.50. The third-order valence-corrected chi connectivity index (χ3v) is 1.49. The van der Waals surface area contributed by atoms with Crippen LogP contribution in [0.15, 0.2) is 20.0 Å². The van der Waals surface area contributed by atoms with Crippen molar-refractivity contribution in [3.05, 3.63) is 0 Å². The number of nitrogens with zero attached hydrogens (tertiary/aromatic N) is 4. The average molecular weight is 166 g/mol. The third kappa shape index (κ3) is 0.873. The first-order chi connectivity index (χ1) is 5.81. The molecule has 2 aliphatic rings. The van der Waals surface area contributed by atoms with Crippen molar-refractivity contribution < 1.29 is 5.21 Å². The van der Waals surface area contributed by atoms with Gasteiger partial charge in [0.2, 0.25) is 5.96 Å². The van der Waals surface area contributed by atoms with E-state index in [-0.39, 0.29) is 11.8 Å². The minimum Gasteiger partial charge on any atom is -0.368 e. The number of nitrogens with two attached hydrogens (primary N) is 1. The van der Waals surface area contributed by atoms with E-state index in [1.165, 1.54) is 6.34 Å². The number of aliphatic imine (C=N–C) groups is 4. The Morgan fingerprint density at radius 3 is 3.08 bits per heavy atom. The van der Waals surface area contributed by atoms with Crippen molar-refractivity contribution in [2.75, 3.05) is 0 Å². The second kappa shape index (κ2) is 2.38. The predicted molar refractivity (Wildman–Crippen MR) is 43.7 cm³/mol. The normalized spacial score (nSPS) is 25.8. The number of amidine groups is 2. The van der Waals surface area contributed by atoms with Crippen LogP contribution in [0, 0.1) is 0 Å². The summed E-state index contributed by atoms with van der Waals surface area (Å²) in [6, 6.07) is -0.428. The van der Waals surface area contributed by atoms with Crippen LogP contribution in [0.3, 0.4) is 0 Å². The molecule has 62 valence electrons. The number of hydroxylamine groups is 1. The Balaban J connectivity index is 2.40. The molecule has 0 aromatic carbocycles. The van der Waals surface area contributed by atoms with Crippen molar-refractivity contribution in [1.82, 2.24) is 5.48 Å². The number of hydrogen-bond donors (Lipinski definition) is 3. The maximum absolute atomic E-state index is 8.64. The van der Waals surface area contributed by atoms with Gasteiger partial charge in [0.15, 0.2) is 17.7 Å². The Labute approximate surface area is 67.4 Å². The highest BCUT2D eigenvalue weighted by Gasteiger charge is 2.27. The fourth-order valence-corrected chi connectivity index (χ4v) is 0.992. The number of fused-ring (bicyclic) bond motifs is 1. The van der Waals surface area contributed by atoms with Crippen LogP contribution in [0.2, 0.25) is 0 Å². The van der Waals surface area contributed by atoms with E-state index in [0.717, 1.165) is 0 Å². The summed E-state index contributed by atoms with van der Waals surface area (Å²) in [5.74, 6) is 0.751. The Kier molecular flexibility index (Phi) is 1.37. The maximum Gasteiger partial charge on any atom is 0.223 e. The van der Waals surface area contributed by atoms with Gasteiger partial charge >= 0.3 is 0 Å². The molecular formula is C5H6N6O. The molecule has 2 heterocycles. The molecule has 12 heavy (non-hydrogen) atoms. The van der Waals surface area contributed by atoms with E-state index in [9.17, 15) is 0 Å². The van der Waals surface area contributed by atoms with Crippen molar-refractivity contribution in [2.24, 2.45) is 25.7 Å². The molecule has 0 aliphatic carbocycles. The summed E-state index contributed by atoms with van der Waals surface area (Å²) in [5, 5.41) is 8.64. The highest BCUT2D eigenvalue weighted by Crippen LogP contribution is 2.08. The van der Waals surface area contributed by atoms with Crippen molar-refractivity contribution >= 4 is 24.0 Å². The second-order valence-electron chi connectivity index (χ2n) is 2.23. The largest absolute Gasteiger partial charge is 0.368 e. The van der Waals surface area contributed by atoms with Crippen molar-refractivity contribution in [3.8, 4) is 0 Å². The molecule has 2 aliphatic heterocycles. The lowest BCUT2D eigenvalue weighted by Crippen LogP contribution is -2.40. The lowest BCUT2D eigenvalue weighted by molar-refractivity contribution is 0.232. The van der Waals surface area contributed by atoms with Gasteiger partial charge in [0.25, 0.3) is 0 Å². The Bertz CT molecular complexity index is 327. The van der Waals surface area contributed by atoms with E-state index in [4.69, 9.17) is 10.9 Å². The minimum atomic E-state index is -0.428. The van der Waals surface area contributed by atoms with Gasteiger partial charge in [-0.2, -0.15) is 9.98 Å². The molecule has 0 saturated carbocycles. The van der Waals surface area contributed by atoms with E-state index in [1.54, 1.807) is 0 Å². The summed E-state index contributed by atoms with van der Waals surface area (Å²) >= 11 is 0. The third-order valence-electron chi connectivity index (χ3n) is 1.49. The van der Waals surface area contributed by atoms with Gasteiger partial charge in [-0.25, -0.2) is 4.99 Å². The number of hydrogen-bond acceptors (Lipinski definition) is 7. The van der Waals surface area contributed by atoms with Gasteiger partial charge in [-0.3, -0.25) is 15.7 Å². The molecular weight excluding hydrogens is 160 g/mol. The first kappa shape index (κ1) is 6.92. The van der Waals surface area contributed by atoms with E-state index in [0.29, 0.717) is 5.84 Å². The standard InChI is InChI=1S/C5H6N6O/c6-5-9-3-2(7-1-8-3)4(10-5)11-12/h1-2,12H,(H3,6,7,8,9,10,11). The van der Waals surface area contributed by atoms with Crippen LogP contribution < -0.4 is 11.2 Å². The lowest BCUT2D eigenvalue weighted by Gasteiger charge is -2.13. The Morgan fingerprint density at radius 2 is 2.33 bits per heavy atom. The topological polar surface area (TPSA) is 108 Å². The van der Waals surface area contributed by atoms with E-state index >= 15 is 0 Å². The molecule has 0 spiro atoms. The SMILES string of the molecule is NC1=NC2=NC=NC2C(NO)=N1. The number of nitrogens with one attached hydrogen (secondary N) is 1. The van der Waals surface area contributed by atoms with E-state index < -0.39 is 6.04 Å². The zero-order valence-electron chi connectivity index (χ0n) is 5.97. The van der Waals surface area contributed by atoms with Crippen LogP contribution >= 0.6 is 0 Å². The maximum atomic E-state index is 8.64. The number of rotatable bonds is 0. The zero-order valence-corrected chi connectivity index (χ0v) is 5.97. The lowest BCUT2D eigenvalue weighted by atomic mass is 10.2. The molecule has 0 fully saturated rings. The smallest absolute Gasteiger partial charge is 0.223 e. The number of guanidine groups is 1. The molecule has 0 aromatic rings. The van der Waals surface area contributed by atoms with Gasteiger partial charge in [-0.05, 0) is 0 Å². The molecule has 7 heteroatoms. The molecule has 4 N–H and O–H groups in total. The van der Waals surface area contributed by atoms with Crippen LogP contribution in [0.4, 0.5) is 0 Å². The van der Waals surface area contributed by atoms with Gasteiger partial charge in [0.1, 0.15) is 6.34 Å². The molecule has 2 rings (SSSR count). The molecule has 1 unspecified atom stereocenters.